The number of halogens is 3. The molecule has 0 fully saturated rings. The lowest BCUT2D eigenvalue weighted by molar-refractivity contribution is -0.150. The number of aromatic amines is 1. The van der Waals surface area contributed by atoms with Crippen LogP contribution in [0.2, 0.25) is 0 Å². The third kappa shape index (κ3) is 4.40. The molecule has 0 amide bonds. The van der Waals surface area contributed by atoms with Crippen molar-refractivity contribution in [1.29, 1.82) is 0 Å². The van der Waals surface area contributed by atoms with Crippen LogP contribution < -0.4 is 9.46 Å². The number of aryl methyl sites for hydroxylation is 2. The first-order chi connectivity index (χ1) is 13.5. The zero-order chi connectivity index (χ0) is 21.4. The van der Waals surface area contributed by atoms with Gasteiger partial charge in [-0.3, -0.25) is 0 Å². The van der Waals surface area contributed by atoms with E-state index in [4.69, 9.17) is 4.74 Å². The van der Waals surface area contributed by atoms with E-state index in [1.54, 1.807) is 37.3 Å². The molecule has 0 spiro atoms. The molecule has 2 N–H and O–H groups in total. The number of para-hydroxylation sites is 1. The van der Waals surface area contributed by atoms with E-state index in [9.17, 15) is 21.6 Å². The summed E-state index contributed by atoms with van der Waals surface area (Å²) in [6.07, 6.45) is -3.85. The molecule has 3 rings (SSSR count). The van der Waals surface area contributed by atoms with Crippen molar-refractivity contribution in [3.8, 4) is 5.75 Å². The predicted molar refractivity (Wildman–Crippen MR) is 105 cm³/mol. The molecular weight excluding hydrogens is 405 g/mol. The van der Waals surface area contributed by atoms with Crippen LogP contribution in [-0.4, -0.2) is 32.7 Å². The molecule has 1 unspecified atom stereocenters. The summed E-state index contributed by atoms with van der Waals surface area (Å²) in [7, 11) is -3.22. The lowest BCUT2D eigenvalue weighted by Gasteiger charge is -2.23. The zero-order valence-electron chi connectivity index (χ0n) is 16.1. The Kier molecular flexibility index (Phi) is 5.64. The molecule has 2 aromatic carbocycles. The standard InChI is InChI=1S/C20H21F3N2O3S/c1-12-8-13(2)19(17(9-12)28-3)29(26,27)25-18(20(21,22)23)10-14-11-24-16-7-5-4-6-15(14)16/h4-9,11,18,24-25H,10H2,1-3H3. The molecule has 0 aliphatic carbocycles. The summed E-state index contributed by atoms with van der Waals surface area (Å²) in [6.45, 7) is 3.27. The Morgan fingerprint density at radius 3 is 2.52 bits per heavy atom. The van der Waals surface area contributed by atoms with Crippen molar-refractivity contribution in [2.45, 2.75) is 37.4 Å². The fraction of sp³-hybridized carbons (Fsp3) is 0.300. The van der Waals surface area contributed by atoms with Crippen LogP contribution in [0.5, 0.6) is 5.75 Å². The molecule has 1 heterocycles. The number of methoxy groups -OCH3 is 1. The summed E-state index contributed by atoms with van der Waals surface area (Å²) in [4.78, 5) is 2.62. The van der Waals surface area contributed by atoms with E-state index in [1.807, 2.05) is 4.72 Å². The average Bonchev–Trinajstić information content (AvgIpc) is 3.02. The second kappa shape index (κ2) is 7.72. The monoisotopic (exact) mass is 426 g/mol. The molecule has 1 aromatic heterocycles. The highest BCUT2D eigenvalue weighted by molar-refractivity contribution is 7.89. The summed E-state index contributed by atoms with van der Waals surface area (Å²) in [5, 5.41) is 0.616. The van der Waals surface area contributed by atoms with E-state index in [-0.39, 0.29) is 10.6 Å². The molecule has 0 aliphatic heterocycles. The van der Waals surface area contributed by atoms with Gasteiger partial charge in [-0.25, -0.2) is 8.42 Å². The summed E-state index contributed by atoms with van der Waals surface area (Å²) in [5.74, 6) is 0.00280. The van der Waals surface area contributed by atoms with Crippen molar-refractivity contribution >= 4 is 20.9 Å². The second-order valence-electron chi connectivity index (χ2n) is 6.89. The number of benzene rings is 2. The fourth-order valence-corrected chi connectivity index (χ4v) is 5.00. The molecule has 0 saturated carbocycles. The maximum absolute atomic E-state index is 13.7. The largest absolute Gasteiger partial charge is 0.495 e. The van der Waals surface area contributed by atoms with Crippen molar-refractivity contribution in [2.24, 2.45) is 0 Å². The molecule has 9 heteroatoms. The van der Waals surface area contributed by atoms with E-state index in [0.29, 0.717) is 22.0 Å². The van der Waals surface area contributed by atoms with Crippen LogP contribution in [0, 0.1) is 13.8 Å². The molecule has 0 aliphatic rings. The van der Waals surface area contributed by atoms with Gasteiger partial charge in [0.1, 0.15) is 16.7 Å². The molecule has 0 saturated heterocycles. The van der Waals surface area contributed by atoms with Gasteiger partial charge >= 0.3 is 6.18 Å². The van der Waals surface area contributed by atoms with Gasteiger partial charge in [0.25, 0.3) is 0 Å². The van der Waals surface area contributed by atoms with Crippen molar-refractivity contribution < 1.29 is 26.3 Å². The Bertz CT molecular complexity index is 1140. The number of alkyl halides is 3. The minimum Gasteiger partial charge on any atom is -0.495 e. The Balaban J connectivity index is 1.99. The van der Waals surface area contributed by atoms with E-state index in [0.717, 1.165) is 5.56 Å². The molecule has 1 atom stereocenters. The number of nitrogens with one attached hydrogen (secondary N) is 2. The SMILES string of the molecule is COc1cc(C)cc(C)c1S(=O)(=O)NC(Cc1c[nH]c2ccccc12)C(F)(F)F. The summed E-state index contributed by atoms with van der Waals surface area (Å²) in [5.41, 5.74) is 2.10. The number of aromatic nitrogens is 1. The van der Waals surface area contributed by atoms with Crippen molar-refractivity contribution in [3.63, 3.8) is 0 Å². The molecule has 29 heavy (non-hydrogen) atoms. The second-order valence-corrected chi connectivity index (χ2v) is 8.54. The van der Waals surface area contributed by atoms with Crippen LogP contribution in [0.1, 0.15) is 16.7 Å². The first-order valence-corrected chi connectivity index (χ1v) is 10.3. The fourth-order valence-electron chi connectivity index (χ4n) is 3.40. The quantitative estimate of drug-likeness (QED) is 0.619. The number of ether oxygens (including phenoxy) is 1. The van der Waals surface area contributed by atoms with Gasteiger partial charge in [0.15, 0.2) is 0 Å². The Hall–Kier alpha value is -2.52. The summed E-state index contributed by atoms with van der Waals surface area (Å²) < 4.78 is 74.0. The summed E-state index contributed by atoms with van der Waals surface area (Å²) in [6, 6.07) is 7.68. The first-order valence-electron chi connectivity index (χ1n) is 8.82. The number of H-pyrrole nitrogens is 1. The third-order valence-corrected chi connectivity index (χ3v) is 6.32. The minimum absolute atomic E-state index is 0.00280. The molecule has 0 bridgehead atoms. The highest BCUT2D eigenvalue weighted by Crippen LogP contribution is 2.32. The predicted octanol–water partition coefficient (Wildman–Crippen LogP) is 4.25. The molecule has 5 nitrogen and oxygen atoms in total. The van der Waals surface area contributed by atoms with Gasteiger partial charge in [-0.05, 0) is 49.1 Å². The number of sulfonamides is 1. The van der Waals surface area contributed by atoms with Crippen LogP contribution in [0.4, 0.5) is 13.2 Å². The minimum atomic E-state index is -4.78. The van der Waals surface area contributed by atoms with Gasteiger partial charge in [-0.2, -0.15) is 17.9 Å². The Labute approximate surface area is 166 Å². The van der Waals surface area contributed by atoms with E-state index < -0.39 is 28.7 Å². The molecule has 3 aromatic rings. The lowest BCUT2D eigenvalue weighted by Crippen LogP contribution is -2.46. The lowest BCUT2D eigenvalue weighted by atomic mass is 10.1. The normalized spacial score (nSPS) is 13.6. The van der Waals surface area contributed by atoms with Crippen molar-refractivity contribution in [1.82, 2.24) is 9.71 Å². The van der Waals surface area contributed by atoms with Crippen LogP contribution >= 0.6 is 0 Å². The highest BCUT2D eigenvalue weighted by atomic mass is 32.2. The Morgan fingerprint density at radius 2 is 1.86 bits per heavy atom. The van der Waals surface area contributed by atoms with Crippen LogP contribution in [0.15, 0.2) is 47.5 Å². The van der Waals surface area contributed by atoms with Gasteiger partial charge in [0.2, 0.25) is 10.0 Å². The first kappa shape index (κ1) is 21.2. The molecular formula is C20H21F3N2O3S. The number of hydrogen-bond donors (Lipinski definition) is 2. The van der Waals surface area contributed by atoms with Gasteiger partial charge in [-0.15, -0.1) is 0 Å². The van der Waals surface area contributed by atoms with E-state index in [1.165, 1.54) is 26.3 Å². The molecule has 0 radical (unpaired) electrons. The Morgan fingerprint density at radius 1 is 1.17 bits per heavy atom. The zero-order valence-corrected chi connectivity index (χ0v) is 16.9. The van der Waals surface area contributed by atoms with E-state index in [2.05, 4.69) is 4.98 Å². The highest BCUT2D eigenvalue weighted by Gasteiger charge is 2.43. The van der Waals surface area contributed by atoms with Crippen LogP contribution in [-0.2, 0) is 16.4 Å². The van der Waals surface area contributed by atoms with Gasteiger partial charge < -0.3 is 9.72 Å². The summed E-state index contributed by atoms with van der Waals surface area (Å²) >= 11 is 0. The maximum Gasteiger partial charge on any atom is 0.405 e. The third-order valence-electron chi connectivity index (χ3n) is 4.67. The maximum atomic E-state index is 13.7. The van der Waals surface area contributed by atoms with Gasteiger partial charge in [0.05, 0.1) is 7.11 Å². The topological polar surface area (TPSA) is 71.2 Å². The number of fused-ring (bicyclic) bond motifs is 1. The van der Waals surface area contributed by atoms with Crippen molar-refractivity contribution in [3.05, 3.63) is 59.3 Å². The average molecular weight is 426 g/mol. The van der Waals surface area contributed by atoms with Crippen molar-refractivity contribution in [2.75, 3.05) is 7.11 Å². The number of hydrogen-bond acceptors (Lipinski definition) is 3. The van der Waals surface area contributed by atoms with Crippen LogP contribution in [0.3, 0.4) is 0 Å². The van der Waals surface area contributed by atoms with Gasteiger partial charge in [-0.1, -0.05) is 24.3 Å². The van der Waals surface area contributed by atoms with Crippen LogP contribution in [0.25, 0.3) is 10.9 Å². The number of rotatable bonds is 6. The smallest absolute Gasteiger partial charge is 0.405 e. The van der Waals surface area contributed by atoms with Gasteiger partial charge in [0, 0.05) is 17.1 Å². The molecule has 156 valence electrons. The van der Waals surface area contributed by atoms with E-state index >= 15 is 0 Å².